The molecular weight excluding hydrogens is 449 g/mol. The number of hydrogen-bond donors (Lipinski definition) is 2. The molecule has 0 saturated carbocycles. The van der Waals surface area contributed by atoms with Crippen LogP contribution in [0, 0.1) is 0 Å². The molecule has 3 rings (SSSR count). The van der Waals surface area contributed by atoms with Crippen LogP contribution >= 0.6 is 23.2 Å². The number of fused-ring (bicyclic) bond motifs is 1. The molecule has 3 aromatic rings. The van der Waals surface area contributed by atoms with Crippen LogP contribution in [0.4, 0.5) is 5.69 Å². The van der Waals surface area contributed by atoms with E-state index in [4.69, 9.17) is 23.2 Å². The van der Waals surface area contributed by atoms with E-state index in [1.807, 2.05) is 24.3 Å². The summed E-state index contributed by atoms with van der Waals surface area (Å²) in [5.41, 5.74) is 2.90. The van der Waals surface area contributed by atoms with Crippen LogP contribution in [-0.4, -0.2) is 38.4 Å². The summed E-state index contributed by atoms with van der Waals surface area (Å²) in [6, 6.07) is 14.9. The number of phenolic OH excluding ortho intramolecular Hbond substituents is 1. The fourth-order valence-electron chi connectivity index (χ4n) is 2.79. The van der Waals surface area contributed by atoms with E-state index in [-0.39, 0.29) is 21.5 Å². The summed E-state index contributed by atoms with van der Waals surface area (Å²) in [5.74, 6) is -0.678. The van der Waals surface area contributed by atoms with E-state index in [0.29, 0.717) is 5.56 Å². The second kappa shape index (κ2) is 8.91. The number of aromatic hydroxyl groups is 1. The second-order valence-corrected chi connectivity index (χ2v) is 9.10. The first-order valence-corrected chi connectivity index (χ1v) is 11.2. The minimum absolute atomic E-state index is 0.000248. The lowest BCUT2D eigenvalue weighted by molar-refractivity contribution is -0.119. The van der Waals surface area contributed by atoms with Crippen molar-refractivity contribution in [3.63, 3.8) is 0 Å². The fourth-order valence-corrected chi connectivity index (χ4v) is 3.94. The van der Waals surface area contributed by atoms with Crippen LogP contribution in [0.3, 0.4) is 0 Å². The molecule has 0 saturated heterocycles. The number of anilines is 1. The Morgan fingerprint density at radius 2 is 1.87 bits per heavy atom. The van der Waals surface area contributed by atoms with Crippen LogP contribution in [0.2, 0.25) is 10.0 Å². The third kappa shape index (κ3) is 5.02. The van der Waals surface area contributed by atoms with E-state index in [1.54, 1.807) is 6.07 Å². The maximum atomic E-state index is 12.3. The van der Waals surface area contributed by atoms with Gasteiger partial charge in [0.1, 0.15) is 12.3 Å². The smallest absolute Gasteiger partial charge is 0.260 e. The van der Waals surface area contributed by atoms with E-state index >= 15 is 0 Å². The number of sulfonamides is 1. The molecule has 0 aliphatic heterocycles. The average molecular weight is 466 g/mol. The number of carbonyl (C=O) groups is 1. The van der Waals surface area contributed by atoms with Gasteiger partial charge in [-0.3, -0.25) is 9.10 Å². The van der Waals surface area contributed by atoms with Gasteiger partial charge in [-0.15, -0.1) is 0 Å². The summed E-state index contributed by atoms with van der Waals surface area (Å²) >= 11 is 11.8. The van der Waals surface area contributed by atoms with E-state index in [2.05, 4.69) is 10.5 Å². The van der Waals surface area contributed by atoms with Crippen molar-refractivity contribution in [3.05, 3.63) is 70.2 Å². The van der Waals surface area contributed by atoms with Gasteiger partial charge in [-0.05, 0) is 35.0 Å². The Morgan fingerprint density at radius 1 is 1.13 bits per heavy atom. The van der Waals surface area contributed by atoms with Crippen molar-refractivity contribution in [2.24, 2.45) is 5.10 Å². The van der Waals surface area contributed by atoms with Crippen LogP contribution in [0.1, 0.15) is 5.56 Å². The van der Waals surface area contributed by atoms with Crippen molar-refractivity contribution in [1.82, 2.24) is 5.43 Å². The number of rotatable bonds is 6. The van der Waals surface area contributed by atoms with E-state index in [1.165, 1.54) is 30.5 Å². The van der Waals surface area contributed by atoms with Crippen molar-refractivity contribution >= 4 is 61.8 Å². The Morgan fingerprint density at radius 3 is 2.57 bits per heavy atom. The third-order valence-electron chi connectivity index (χ3n) is 4.21. The number of halogens is 2. The molecule has 2 N–H and O–H groups in total. The standard InChI is InChI=1S/C20H17Cl2N3O4S/c1-30(28,29)25(14-7-8-17(21)18(22)10-14)12-20(27)24-23-11-16-15-5-3-2-4-13(15)6-9-19(16)26/h2-11,26H,12H2,1H3,(H,24,27)/b23-11-. The predicted octanol–water partition coefficient (Wildman–Crippen LogP) is 3.77. The van der Waals surface area contributed by atoms with Gasteiger partial charge in [0.2, 0.25) is 10.0 Å². The molecule has 156 valence electrons. The number of benzene rings is 3. The lowest BCUT2D eigenvalue weighted by atomic mass is 10.0. The highest BCUT2D eigenvalue weighted by atomic mass is 35.5. The van der Waals surface area contributed by atoms with Gasteiger partial charge >= 0.3 is 0 Å². The molecule has 1 amide bonds. The molecule has 0 aliphatic rings. The van der Waals surface area contributed by atoms with Gasteiger partial charge in [-0.25, -0.2) is 13.8 Å². The number of nitrogens with one attached hydrogen (secondary N) is 1. The van der Waals surface area contributed by atoms with Crippen LogP contribution in [-0.2, 0) is 14.8 Å². The van der Waals surface area contributed by atoms with Crippen molar-refractivity contribution in [2.75, 3.05) is 17.1 Å². The van der Waals surface area contributed by atoms with Crippen molar-refractivity contribution in [1.29, 1.82) is 0 Å². The zero-order valence-electron chi connectivity index (χ0n) is 15.7. The molecule has 0 unspecified atom stereocenters. The Kier molecular flexibility index (Phi) is 6.50. The molecule has 10 heteroatoms. The summed E-state index contributed by atoms with van der Waals surface area (Å²) in [7, 11) is -3.78. The number of nitrogens with zero attached hydrogens (tertiary/aromatic N) is 2. The zero-order chi connectivity index (χ0) is 21.9. The highest BCUT2D eigenvalue weighted by Crippen LogP contribution is 2.28. The molecule has 7 nitrogen and oxygen atoms in total. The van der Waals surface area contributed by atoms with Crippen molar-refractivity contribution < 1.29 is 18.3 Å². The molecule has 0 fully saturated rings. The number of hydrogen-bond acceptors (Lipinski definition) is 5. The maximum absolute atomic E-state index is 12.3. The van der Waals surface area contributed by atoms with E-state index < -0.39 is 22.5 Å². The van der Waals surface area contributed by atoms with Gasteiger partial charge in [0.05, 0.1) is 28.2 Å². The Labute approximate surface area is 183 Å². The van der Waals surface area contributed by atoms with Crippen LogP contribution < -0.4 is 9.73 Å². The van der Waals surface area contributed by atoms with Gasteiger partial charge < -0.3 is 5.11 Å². The Bertz CT molecular complexity index is 1250. The molecule has 0 heterocycles. The Balaban J connectivity index is 1.78. The lowest BCUT2D eigenvalue weighted by Gasteiger charge is -2.21. The molecule has 0 spiro atoms. The van der Waals surface area contributed by atoms with Crippen molar-refractivity contribution in [3.8, 4) is 5.75 Å². The minimum atomic E-state index is -3.78. The van der Waals surface area contributed by atoms with Crippen LogP contribution in [0.5, 0.6) is 5.75 Å². The number of phenols is 1. The molecule has 0 aromatic heterocycles. The first kappa shape index (κ1) is 21.9. The maximum Gasteiger partial charge on any atom is 0.260 e. The highest BCUT2D eigenvalue weighted by Gasteiger charge is 2.21. The van der Waals surface area contributed by atoms with Gasteiger partial charge in [0.15, 0.2) is 0 Å². The quantitative estimate of drug-likeness (QED) is 0.427. The van der Waals surface area contributed by atoms with Crippen LogP contribution in [0.15, 0.2) is 59.7 Å². The molecular formula is C20H17Cl2N3O4S. The zero-order valence-corrected chi connectivity index (χ0v) is 18.0. The SMILES string of the molecule is CS(=O)(=O)N(CC(=O)N/N=C\c1c(O)ccc2ccccc12)c1ccc(Cl)c(Cl)c1. The predicted molar refractivity (Wildman–Crippen MR) is 120 cm³/mol. The number of amides is 1. The second-order valence-electron chi connectivity index (χ2n) is 6.38. The first-order valence-electron chi connectivity index (χ1n) is 8.62. The summed E-state index contributed by atoms with van der Waals surface area (Å²) in [5, 5.41) is 16.0. The lowest BCUT2D eigenvalue weighted by Crippen LogP contribution is -2.39. The van der Waals surface area contributed by atoms with Gasteiger partial charge in [-0.1, -0.05) is 53.5 Å². The van der Waals surface area contributed by atoms with E-state index in [0.717, 1.165) is 21.3 Å². The number of carbonyl (C=O) groups excluding carboxylic acids is 1. The highest BCUT2D eigenvalue weighted by molar-refractivity contribution is 7.92. The van der Waals surface area contributed by atoms with Crippen molar-refractivity contribution in [2.45, 2.75) is 0 Å². The molecule has 0 bridgehead atoms. The van der Waals surface area contributed by atoms with E-state index in [9.17, 15) is 18.3 Å². The third-order valence-corrected chi connectivity index (χ3v) is 6.09. The molecule has 0 aliphatic carbocycles. The largest absolute Gasteiger partial charge is 0.507 e. The average Bonchev–Trinajstić information content (AvgIpc) is 2.69. The molecule has 0 radical (unpaired) electrons. The summed E-state index contributed by atoms with van der Waals surface area (Å²) in [6.45, 7) is -0.518. The molecule has 0 atom stereocenters. The summed E-state index contributed by atoms with van der Waals surface area (Å²) in [4.78, 5) is 12.3. The number of hydrazone groups is 1. The monoisotopic (exact) mass is 465 g/mol. The topological polar surface area (TPSA) is 99.1 Å². The minimum Gasteiger partial charge on any atom is -0.507 e. The normalized spacial score (nSPS) is 11.7. The van der Waals surface area contributed by atoms with Gasteiger partial charge in [0.25, 0.3) is 5.91 Å². The van der Waals surface area contributed by atoms with Gasteiger partial charge in [-0.2, -0.15) is 5.10 Å². The molecule has 30 heavy (non-hydrogen) atoms. The first-order chi connectivity index (χ1) is 14.2. The van der Waals surface area contributed by atoms with Gasteiger partial charge in [0, 0.05) is 5.56 Å². The summed E-state index contributed by atoms with van der Waals surface area (Å²) in [6.07, 6.45) is 2.28. The Hall–Kier alpha value is -2.81. The summed E-state index contributed by atoms with van der Waals surface area (Å²) < 4.78 is 25.2. The fraction of sp³-hybridized carbons (Fsp3) is 0.100. The van der Waals surface area contributed by atoms with Crippen LogP contribution in [0.25, 0.3) is 10.8 Å². The molecule has 3 aromatic carbocycles.